The molecule has 0 aliphatic carbocycles. The summed E-state index contributed by atoms with van der Waals surface area (Å²) in [6, 6.07) is 11.4. The summed E-state index contributed by atoms with van der Waals surface area (Å²) in [4.78, 5) is 15.0. The van der Waals surface area contributed by atoms with Crippen LogP contribution in [0.2, 0.25) is 0 Å². The molecule has 1 N–H and O–H groups in total. The minimum atomic E-state index is -0.281. The van der Waals surface area contributed by atoms with Crippen molar-refractivity contribution in [2.75, 3.05) is 47.1 Å². The number of benzene rings is 2. The Morgan fingerprint density at radius 2 is 1.71 bits per heavy atom. The van der Waals surface area contributed by atoms with Gasteiger partial charge in [0.05, 0.1) is 33.5 Å². The van der Waals surface area contributed by atoms with Gasteiger partial charge in [0.1, 0.15) is 17.3 Å². The first kappa shape index (κ1) is 20.1. The molecule has 0 bridgehead atoms. The first-order chi connectivity index (χ1) is 13.6. The summed E-state index contributed by atoms with van der Waals surface area (Å²) >= 11 is 0. The fourth-order valence-electron chi connectivity index (χ4n) is 3.26. The number of hydrogen-bond donors (Lipinski definition) is 1. The molecule has 1 fully saturated rings. The van der Waals surface area contributed by atoms with Gasteiger partial charge in [-0.1, -0.05) is 12.1 Å². The van der Waals surface area contributed by atoms with Gasteiger partial charge in [-0.2, -0.15) is 0 Å². The first-order valence-electron chi connectivity index (χ1n) is 9.19. The maximum atomic E-state index is 13.3. The predicted octanol–water partition coefficient (Wildman–Crippen LogP) is 2.65. The van der Waals surface area contributed by atoms with Crippen molar-refractivity contribution < 1.29 is 23.4 Å². The maximum absolute atomic E-state index is 13.3. The fraction of sp³-hybridized carbons (Fsp3) is 0.381. The van der Waals surface area contributed by atoms with E-state index in [-0.39, 0.29) is 17.8 Å². The third kappa shape index (κ3) is 4.99. The number of ether oxygens (including phenoxy) is 3. The van der Waals surface area contributed by atoms with Gasteiger partial charge in [-0.15, -0.1) is 0 Å². The number of rotatable bonds is 7. The molecule has 150 valence electrons. The average Bonchev–Trinajstić information content (AvgIpc) is 2.75. The van der Waals surface area contributed by atoms with Gasteiger partial charge in [0.15, 0.2) is 0 Å². The van der Waals surface area contributed by atoms with Crippen molar-refractivity contribution in [3.05, 3.63) is 59.4 Å². The van der Waals surface area contributed by atoms with Gasteiger partial charge in [-0.3, -0.25) is 9.69 Å². The Bertz CT molecular complexity index is 769. The summed E-state index contributed by atoms with van der Waals surface area (Å²) in [7, 11) is 3.08. The van der Waals surface area contributed by atoms with Crippen molar-refractivity contribution in [2.24, 2.45) is 0 Å². The Hall–Kier alpha value is -2.64. The van der Waals surface area contributed by atoms with Crippen LogP contribution in [-0.2, 0) is 4.74 Å². The van der Waals surface area contributed by atoms with Crippen molar-refractivity contribution in [1.29, 1.82) is 0 Å². The van der Waals surface area contributed by atoms with E-state index in [0.29, 0.717) is 36.8 Å². The Labute approximate surface area is 164 Å². The van der Waals surface area contributed by atoms with Crippen LogP contribution in [0.25, 0.3) is 0 Å². The van der Waals surface area contributed by atoms with Crippen LogP contribution in [0.1, 0.15) is 22.0 Å². The number of morpholine rings is 1. The molecule has 6 nitrogen and oxygen atoms in total. The summed E-state index contributed by atoms with van der Waals surface area (Å²) in [6.07, 6.45) is 0. The number of hydrogen-bond acceptors (Lipinski definition) is 5. The molecule has 0 spiro atoms. The van der Waals surface area contributed by atoms with Gasteiger partial charge in [0.25, 0.3) is 5.91 Å². The highest BCUT2D eigenvalue weighted by molar-refractivity contribution is 5.95. The summed E-state index contributed by atoms with van der Waals surface area (Å²) < 4.78 is 29.2. The van der Waals surface area contributed by atoms with Gasteiger partial charge >= 0.3 is 0 Å². The van der Waals surface area contributed by atoms with Crippen molar-refractivity contribution in [1.82, 2.24) is 10.2 Å². The van der Waals surface area contributed by atoms with Crippen LogP contribution in [0, 0.1) is 5.82 Å². The molecule has 1 heterocycles. The lowest BCUT2D eigenvalue weighted by molar-refractivity contribution is 0.0162. The highest BCUT2D eigenvalue weighted by Gasteiger charge is 2.23. The van der Waals surface area contributed by atoms with Gasteiger partial charge in [-0.25, -0.2) is 4.39 Å². The smallest absolute Gasteiger partial charge is 0.251 e. The number of nitrogens with one attached hydrogen (secondary N) is 1. The van der Waals surface area contributed by atoms with Crippen LogP contribution in [0.3, 0.4) is 0 Å². The predicted molar refractivity (Wildman–Crippen MR) is 103 cm³/mol. The van der Waals surface area contributed by atoms with Crippen LogP contribution in [0.4, 0.5) is 4.39 Å². The maximum Gasteiger partial charge on any atom is 0.251 e. The van der Waals surface area contributed by atoms with Gasteiger partial charge in [0.2, 0.25) is 0 Å². The molecule has 1 saturated heterocycles. The van der Waals surface area contributed by atoms with E-state index < -0.39 is 0 Å². The minimum Gasteiger partial charge on any atom is -0.497 e. The lowest BCUT2D eigenvalue weighted by Gasteiger charge is -2.35. The fourth-order valence-corrected chi connectivity index (χ4v) is 3.26. The summed E-state index contributed by atoms with van der Waals surface area (Å²) in [5.74, 6) is 0.593. The van der Waals surface area contributed by atoms with Crippen LogP contribution < -0.4 is 14.8 Å². The number of carbonyl (C=O) groups excluding carboxylic acids is 1. The second-order valence-corrected chi connectivity index (χ2v) is 6.53. The van der Waals surface area contributed by atoms with Crippen LogP contribution in [0.5, 0.6) is 11.5 Å². The molecular weight excluding hydrogens is 363 g/mol. The summed E-state index contributed by atoms with van der Waals surface area (Å²) in [5, 5.41) is 2.99. The quantitative estimate of drug-likeness (QED) is 0.790. The zero-order valence-corrected chi connectivity index (χ0v) is 16.1. The van der Waals surface area contributed by atoms with E-state index in [1.165, 1.54) is 12.1 Å². The SMILES string of the molecule is COc1cc(OC)cc(C(=O)NCC(c2ccc(F)cc2)N2CCOCC2)c1. The topological polar surface area (TPSA) is 60.0 Å². The highest BCUT2D eigenvalue weighted by Crippen LogP contribution is 2.24. The lowest BCUT2D eigenvalue weighted by atomic mass is 10.0. The molecule has 0 radical (unpaired) electrons. The van der Waals surface area contributed by atoms with Crippen molar-refractivity contribution in [3.8, 4) is 11.5 Å². The van der Waals surface area contributed by atoms with E-state index in [1.807, 2.05) is 0 Å². The molecule has 1 unspecified atom stereocenters. The molecular formula is C21H25FN2O4. The molecule has 2 aromatic rings. The standard InChI is InChI=1S/C21H25FN2O4/c1-26-18-11-16(12-19(13-18)27-2)21(25)23-14-20(24-7-9-28-10-8-24)15-3-5-17(22)6-4-15/h3-6,11-13,20H,7-10,14H2,1-2H3,(H,23,25). The molecule has 28 heavy (non-hydrogen) atoms. The van der Waals surface area contributed by atoms with Crippen LogP contribution in [-0.4, -0.2) is 57.9 Å². The zero-order chi connectivity index (χ0) is 19.9. The molecule has 1 amide bonds. The van der Waals surface area contributed by atoms with E-state index in [9.17, 15) is 9.18 Å². The minimum absolute atomic E-state index is 0.0686. The Kier molecular flexibility index (Phi) is 6.84. The highest BCUT2D eigenvalue weighted by atomic mass is 19.1. The molecule has 1 atom stereocenters. The Morgan fingerprint density at radius 3 is 2.29 bits per heavy atom. The third-order valence-electron chi connectivity index (χ3n) is 4.81. The largest absolute Gasteiger partial charge is 0.497 e. The summed E-state index contributed by atoms with van der Waals surface area (Å²) in [5.41, 5.74) is 1.41. The monoisotopic (exact) mass is 388 g/mol. The molecule has 1 aliphatic heterocycles. The molecule has 7 heteroatoms. The van der Waals surface area contributed by atoms with Crippen molar-refractivity contribution >= 4 is 5.91 Å². The van der Waals surface area contributed by atoms with Crippen LogP contribution in [0.15, 0.2) is 42.5 Å². The van der Waals surface area contributed by atoms with E-state index in [2.05, 4.69) is 10.2 Å². The molecule has 0 aromatic heterocycles. The number of amides is 1. The average molecular weight is 388 g/mol. The van der Waals surface area contributed by atoms with Crippen LogP contribution >= 0.6 is 0 Å². The molecule has 0 saturated carbocycles. The lowest BCUT2D eigenvalue weighted by Crippen LogP contribution is -2.43. The first-order valence-corrected chi connectivity index (χ1v) is 9.19. The van der Waals surface area contributed by atoms with Crippen molar-refractivity contribution in [3.63, 3.8) is 0 Å². The van der Waals surface area contributed by atoms with E-state index in [4.69, 9.17) is 14.2 Å². The summed E-state index contributed by atoms with van der Waals surface area (Å²) in [6.45, 7) is 3.18. The zero-order valence-electron chi connectivity index (χ0n) is 16.1. The normalized spacial score (nSPS) is 15.7. The van der Waals surface area contributed by atoms with E-state index in [1.54, 1.807) is 44.6 Å². The molecule has 1 aliphatic rings. The third-order valence-corrected chi connectivity index (χ3v) is 4.81. The number of carbonyl (C=O) groups is 1. The molecule has 3 rings (SSSR count). The Morgan fingerprint density at radius 1 is 1.11 bits per heavy atom. The van der Waals surface area contributed by atoms with Crippen molar-refractivity contribution in [2.45, 2.75) is 6.04 Å². The number of halogens is 1. The van der Waals surface area contributed by atoms with Gasteiger partial charge < -0.3 is 19.5 Å². The van der Waals surface area contributed by atoms with E-state index in [0.717, 1.165) is 18.7 Å². The van der Waals surface area contributed by atoms with Gasteiger partial charge in [-0.05, 0) is 29.8 Å². The van der Waals surface area contributed by atoms with Gasteiger partial charge in [0, 0.05) is 31.3 Å². The Balaban J connectivity index is 1.75. The second kappa shape index (κ2) is 9.52. The number of nitrogens with zero attached hydrogens (tertiary/aromatic N) is 1. The molecule has 2 aromatic carbocycles. The number of methoxy groups -OCH3 is 2. The van der Waals surface area contributed by atoms with E-state index >= 15 is 0 Å². The second-order valence-electron chi connectivity index (χ2n) is 6.53.